The highest BCUT2D eigenvalue weighted by molar-refractivity contribution is 7.15. The minimum atomic E-state index is -0.981. The number of carbonyl (C=O) groups excluding carboxylic acids is 2. The van der Waals surface area contributed by atoms with Gasteiger partial charge in [0, 0.05) is 17.5 Å². The minimum Gasteiger partial charge on any atom is -0.481 e. The largest absolute Gasteiger partial charge is 0.481 e. The van der Waals surface area contributed by atoms with Crippen LogP contribution >= 0.6 is 11.3 Å². The third kappa shape index (κ3) is 5.79. The summed E-state index contributed by atoms with van der Waals surface area (Å²) in [6, 6.07) is -0.671. The number of carbonyl (C=O) groups is 3. The average molecular weight is 299 g/mol. The van der Waals surface area contributed by atoms with Crippen molar-refractivity contribution in [3.8, 4) is 0 Å². The predicted octanol–water partition coefficient (Wildman–Crippen LogP) is 1.99. The molecule has 0 aliphatic rings. The Morgan fingerprint density at radius 3 is 2.50 bits per heavy atom. The molecule has 1 heterocycles. The quantitative estimate of drug-likeness (QED) is 0.770. The number of carboxylic acids is 1. The van der Waals surface area contributed by atoms with Gasteiger partial charge in [0.2, 0.25) is 5.91 Å². The molecule has 0 saturated heterocycles. The zero-order chi connectivity index (χ0) is 15.3. The first-order valence-electron chi connectivity index (χ1n) is 5.93. The van der Waals surface area contributed by atoms with E-state index < -0.39 is 23.3 Å². The molecule has 0 bridgehead atoms. The van der Waals surface area contributed by atoms with Gasteiger partial charge in [0.25, 0.3) is 0 Å². The number of aliphatic carboxylic acids is 1. The Morgan fingerprint density at radius 2 is 2.00 bits per heavy atom. The van der Waals surface area contributed by atoms with Gasteiger partial charge in [-0.1, -0.05) is 13.8 Å². The standard InChI is InChI=1S/C12H17N3O4S/c1-7-6-13-11(20-7)15-10(19)14-8(16)4-12(2,3)5-9(17)18/h6H,4-5H2,1-3H3,(H,17,18)(H2,13,14,15,16,19). The Labute approximate surface area is 120 Å². The molecule has 0 saturated carbocycles. The van der Waals surface area contributed by atoms with Crippen molar-refractivity contribution in [1.82, 2.24) is 10.3 Å². The second-order valence-electron chi connectivity index (χ2n) is 5.19. The fourth-order valence-corrected chi connectivity index (χ4v) is 2.28. The zero-order valence-electron chi connectivity index (χ0n) is 11.5. The average Bonchev–Trinajstić information content (AvgIpc) is 2.59. The van der Waals surface area contributed by atoms with Crippen molar-refractivity contribution in [3.63, 3.8) is 0 Å². The van der Waals surface area contributed by atoms with Crippen LogP contribution in [0.25, 0.3) is 0 Å². The zero-order valence-corrected chi connectivity index (χ0v) is 12.3. The molecule has 0 fully saturated rings. The molecule has 3 N–H and O–H groups in total. The Balaban J connectivity index is 2.45. The van der Waals surface area contributed by atoms with Gasteiger partial charge in [0.05, 0.1) is 6.42 Å². The van der Waals surface area contributed by atoms with Gasteiger partial charge >= 0.3 is 12.0 Å². The molecule has 0 unspecified atom stereocenters. The first-order valence-corrected chi connectivity index (χ1v) is 6.75. The summed E-state index contributed by atoms with van der Waals surface area (Å²) in [6.07, 6.45) is 1.41. The summed E-state index contributed by atoms with van der Waals surface area (Å²) in [5.41, 5.74) is -0.714. The number of amides is 3. The van der Waals surface area contributed by atoms with Crippen LogP contribution in [-0.2, 0) is 9.59 Å². The molecular formula is C12H17N3O4S. The maximum Gasteiger partial charge on any atom is 0.327 e. The number of thiazole rings is 1. The van der Waals surface area contributed by atoms with E-state index in [2.05, 4.69) is 15.6 Å². The Morgan fingerprint density at radius 1 is 1.35 bits per heavy atom. The van der Waals surface area contributed by atoms with Gasteiger partial charge in [-0.05, 0) is 12.3 Å². The number of hydrogen-bond acceptors (Lipinski definition) is 5. The van der Waals surface area contributed by atoms with Crippen LogP contribution in [0.1, 0.15) is 31.6 Å². The van der Waals surface area contributed by atoms with Crippen LogP contribution in [-0.4, -0.2) is 28.0 Å². The highest BCUT2D eigenvalue weighted by atomic mass is 32.1. The van der Waals surface area contributed by atoms with Gasteiger partial charge in [0.1, 0.15) is 0 Å². The number of carboxylic acid groups (broad SMARTS) is 1. The van der Waals surface area contributed by atoms with E-state index in [1.807, 2.05) is 6.92 Å². The normalized spacial score (nSPS) is 10.9. The van der Waals surface area contributed by atoms with E-state index in [1.54, 1.807) is 20.0 Å². The van der Waals surface area contributed by atoms with E-state index in [0.717, 1.165) is 4.88 Å². The van der Waals surface area contributed by atoms with Gasteiger partial charge in [-0.2, -0.15) is 0 Å². The molecule has 0 aromatic carbocycles. The maximum atomic E-state index is 11.7. The van der Waals surface area contributed by atoms with Crippen LogP contribution in [0.15, 0.2) is 6.20 Å². The van der Waals surface area contributed by atoms with E-state index >= 15 is 0 Å². The monoisotopic (exact) mass is 299 g/mol. The predicted molar refractivity (Wildman–Crippen MR) is 74.7 cm³/mol. The summed E-state index contributed by atoms with van der Waals surface area (Å²) in [5, 5.41) is 13.7. The van der Waals surface area contributed by atoms with Crippen LogP contribution in [0, 0.1) is 12.3 Å². The smallest absolute Gasteiger partial charge is 0.327 e. The topological polar surface area (TPSA) is 108 Å². The van der Waals surface area contributed by atoms with Gasteiger partial charge in [-0.25, -0.2) is 9.78 Å². The molecule has 0 aliphatic heterocycles. The second kappa shape index (κ2) is 6.47. The van der Waals surface area contributed by atoms with Crippen LogP contribution in [0.4, 0.5) is 9.93 Å². The van der Waals surface area contributed by atoms with Crippen LogP contribution in [0.3, 0.4) is 0 Å². The number of anilines is 1. The van der Waals surface area contributed by atoms with E-state index in [9.17, 15) is 14.4 Å². The van der Waals surface area contributed by atoms with Gasteiger partial charge in [-0.3, -0.25) is 20.2 Å². The van der Waals surface area contributed by atoms with Crippen LogP contribution < -0.4 is 10.6 Å². The lowest BCUT2D eigenvalue weighted by Crippen LogP contribution is -2.37. The molecular weight excluding hydrogens is 282 g/mol. The molecule has 0 atom stereocenters. The van der Waals surface area contributed by atoms with Gasteiger partial charge in [-0.15, -0.1) is 11.3 Å². The van der Waals surface area contributed by atoms with E-state index in [4.69, 9.17) is 5.11 Å². The molecule has 0 spiro atoms. The van der Waals surface area contributed by atoms with Crippen molar-refractivity contribution in [2.75, 3.05) is 5.32 Å². The Bertz CT molecular complexity index is 525. The fourth-order valence-electron chi connectivity index (χ4n) is 1.62. The summed E-state index contributed by atoms with van der Waals surface area (Å²) in [7, 11) is 0. The Hall–Kier alpha value is -1.96. The van der Waals surface area contributed by atoms with Crippen molar-refractivity contribution < 1.29 is 19.5 Å². The first kappa shape index (κ1) is 16.1. The summed E-state index contributed by atoms with van der Waals surface area (Å²) < 4.78 is 0. The highest BCUT2D eigenvalue weighted by Gasteiger charge is 2.26. The summed E-state index contributed by atoms with van der Waals surface area (Å²) >= 11 is 1.29. The summed E-state index contributed by atoms with van der Waals surface area (Å²) in [4.78, 5) is 38.7. The number of urea groups is 1. The van der Waals surface area contributed by atoms with Gasteiger partial charge in [0.15, 0.2) is 5.13 Å². The molecule has 7 nitrogen and oxygen atoms in total. The molecule has 1 rings (SSSR count). The van der Waals surface area contributed by atoms with Crippen LogP contribution in [0.2, 0.25) is 0 Å². The van der Waals surface area contributed by atoms with Crippen molar-refractivity contribution in [2.24, 2.45) is 5.41 Å². The van der Waals surface area contributed by atoms with Gasteiger partial charge < -0.3 is 5.11 Å². The number of rotatable bonds is 5. The summed E-state index contributed by atoms with van der Waals surface area (Å²) in [6.45, 7) is 5.16. The first-order chi connectivity index (χ1) is 9.18. The summed E-state index contributed by atoms with van der Waals surface area (Å²) in [5.74, 6) is -1.51. The van der Waals surface area contributed by atoms with Crippen molar-refractivity contribution in [2.45, 2.75) is 33.6 Å². The van der Waals surface area contributed by atoms with Crippen molar-refractivity contribution in [3.05, 3.63) is 11.1 Å². The fraction of sp³-hybridized carbons (Fsp3) is 0.500. The van der Waals surface area contributed by atoms with Crippen molar-refractivity contribution in [1.29, 1.82) is 0 Å². The number of aryl methyl sites for hydroxylation is 1. The number of aromatic nitrogens is 1. The molecule has 3 amide bonds. The highest BCUT2D eigenvalue weighted by Crippen LogP contribution is 2.24. The molecule has 8 heteroatoms. The van der Waals surface area contributed by atoms with E-state index in [1.165, 1.54) is 11.3 Å². The van der Waals surface area contributed by atoms with E-state index in [-0.39, 0.29) is 12.8 Å². The second-order valence-corrected chi connectivity index (χ2v) is 6.42. The molecule has 0 aliphatic carbocycles. The van der Waals surface area contributed by atoms with Crippen LogP contribution in [0.5, 0.6) is 0 Å². The lowest BCUT2D eigenvalue weighted by molar-refractivity contribution is -0.139. The molecule has 0 radical (unpaired) electrons. The number of hydrogen-bond donors (Lipinski definition) is 3. The Kier molecular flexibility index (Phi) is 5.20. The molecule has 1 aromatic rings. The third-order valence-electron chi connectivity index (χ3n) is 2.36. The molecule has 1 aromatic heterocycles. The lowest BCUT2D eigenvalue weighted by atomic mass is 9.85. The molecule has 110 valence electrons. The SMILES string of the molecule is Cc1cnc(NC(=O)NC(=O)CC(C)(C)CC(=O)O)s1. The lowest BCUT2D eigenvalue weighted by Gasteiger charge is -2.21. The maximum absolute atomic E-state index is 11.7. The van der Waals surface area contributed by atoms with E-state index in [0.29, 0.717) is 5.13 Å². The number of nitrogens with one attached hydrogen (secondary N) is 2. The third-order valence-corrected chi connectivity index (χ3v) is 3.19. The number of imide groups is 1. The van der Waals surface area contributed by atoms with Crippen molar-refractivity contribution >= 4 is 34.4 Å². The molecule has 20 heavy (non-hydrogen) atoms. The number of nitrogens with zero attached hydrogens (tertiary/aromatic N) is 1. The minimum absolute atomic E-state index is 0.0520.